The lowest BCUT2D eigenvalue weighted by Gasteiger charge is -2.42. The van der Waals surface area contributed by atoms with Crippen LogP contribution in [0.3, 0.4) is 0 Å². The number of methoxy groups -OCH3 is 1. The highest BCUT2D eigenvalue weighted by Gasteiger charge is 2.59. The maximum Gasteiger partial charge on any atom is 0.233 e. The van der Waals surface area contributed by atoms with Crippen LogP contribution in [0.4, 0.5) is 0 Å². The molecule has 0 radical (unpaired) electrons. The number of carbonyl (C=O) groups is 1. The Balaban J connectivity index is 1.26. The predicted molar refractivity (Wildman–Crippen MR) is 112 cm³/mol. The summed E-state index contributed by atoms with van der Waals surface area (Å²) in [4.78, 5) is 15.9. The first kappa shape index (κ1) is 18.4. The summed E-state index contributed by atoms with van der Waals surface area (Å²) in [6.45, 7) is 2.71. The lowest BCUT2D eigenvalue weighted by molar-refractivity contribution is -0.133. The van der Waals surface area contributed by atoms with E-state index in [9.17, 15) is 4.79 Å². The van der Waals surface area contributed by atoms with E-state index in [1.165, 1.54) is 32.1 Å². The van der Waals surface area contributed by atoms with Crippen LogP contribution in [-0.4, -0.2) is 45.8 Å². The van der Waals surface area contributed by atoms with Crippen molar-refractivity contribution in [2.75, 3.05) is 20.2 Å². The van der Waals surface area contributed by atoms with E-state index in [1.54, 1.807) is 7.11 Å². The average Bonchev–Trinajstić information content (AvgIpc) is 3.64. The van der Waals surface area contributed by atoms with Gasteiger partial charge in [0.1, 0.15) is 17.9 Å². The molecule has 1 aromatic heterocycles. The van der Waals surface area contributed by atoms with Gasteiger partial charge in [-0.25, -0.2) is 0 Å². The van der Waals surface area contributed by atoms with E-state index in [4.69, 9.17) is 4.74 Å². The average molecular weight is 407 g/mol. The van der Waals surface area contributed by atoms with E-state index in [1.807, 2.05) is 18.5 Å². The Morgan fingerprint density at radius 2 is 1.93 bits per heavy atom. The number of aromatic nitrogens is 3. The van der Waals surface area contributed by atoms with Crippen LogP contribution in [-0.2, 0) is 16.8 Å². The third kappa shape index (κ3) is 2.79. The number of likely N-dealkylation sites (tertiary alicyclic amines) is 1. The standard InChI is InChI=1S/C24H30N4O2/c1-30-19-7-5-18(6-8-19)24(11-12-24)22(29)27-14-20(23(15-27)9-2-10-23)21-26-25-16-28(21)13-17-3-4-17/h5-8,16-17,20H,2-4,9-15H2,1H3. The highest BCUT2D eigenvalue weighted by molar-refractivity contribution is 5.91. The molecule has 1 aromatic carbocycles. The van der Waals surface area contributed by atoms with Gasteiger partial charge in [0.2, 0.25) is 5.91 Å². The summed E-state index contributed by atoms with van der Waals surface area (Å²) in [6, 6.07) is 8.10. The first-order valence-corrected chi connectivity index (χ1v) is 11.5. The first-order chi connectivity index (χ1) is 14.6. The molecule has 4 fully saturated rings. The van der Waals surface area contributed by atoms with Crippen molar-refractivity contribution in [2.45, 2.75) is 62.8 Å². The van der Waals surface area contributed by atoms with Crippen molar-refractivity contribution in [1.29, 1.82) is 0 Å². The smallest absolute Gasteiger partial charge is 0.233 e. The van der Waals surface area contributed by atoms with Crippen LogP contribution in [0.1, 0.15) is 62.3 Å². The molecule has 158 valence electrons. The molecule has 6 rings (SSSR count). The molecule has 0 bridgehead atoms. The summed E-state index contributed by atoms with van der Waals surface area (Å²) in [5.41, 5.74) is 1.02. The maximum atomic E-state index is 13.8. The summed E-state index contributed by atoms with van der Waals surface area (Å²) in [7, 11) is 1.68. The van der Waals surface area contributed by atoms with Gasteiger partial charge in [0.25, 0.3) is 0 Å². The lowest BCUT2D eigenvalue weighted by Crippen LogP contribution is -2.41. The fourth-order valence-electron chi connectivity index (χ4n) is 5.83. The number of benzene rings is 1. The van der Waals surface area contributed by atoms with Crippen molar-refractivity contribution in [1.82, 2.24) is 19.7 Å². The molecule has 2 heterocycles. The van der Waals surface area contributed by atoms with Gasteiger partial charge in [-0.1, -0.05) is 18.6 Å². The molecule has 2 aromatic rings. The molecule has 1 amide bonds. The van der Waals surface area contributed by atoms with E-state index < -0.39 is 0 Å². The third-order valence-corrected chi connectivity index (χ3v) is 8.20. The second-order valence-corrected chi connectivity index (χ2v) is 10.0. The number of nitrogens with zero attached hydrogens (tertiary/aromatic N) is 4. The van der Waals surface area contributed by atoms with Gasteiger partial charge in [0, 0.05) is 25.6 Å². The number of hydrogen-bond donors (Lipinski definition) is 0. The lowest BCUT2D eigenvalue weighted by atomic mass is 9.62. The number of carbonyl (C=O) groups excluding carboxylic acids is 1. The number of rotatable bonds is 6. The van der Waals surface area contributed by atoms with Crippen LogP contribution in [0.5, 0.6) is 5.75 Å². The number of amides is 1. The van der Waals surface area contributed by atoms with E-state index in [2.05, 4.69) is 31.8 Å². The zero-order chi connectivity index (χ0) is 20.3. The molecule has 0 N–H and O–H groups in total. The summed E-state index contributed by atoms with van der Waals surface area (Å²) in [5, 5.41) is 8.83. The van der Waals surface area contributed by atoms with Crippen molar-refractivity contribution in [3.63, 3.8) is 0 Å². The summed E-state index contributed by atoms with van der Waals surface area (Å²) >= 11 is 0. The SMILES string of the molecule is COc1ccc(C2(C(=O)N3CC(c4nncn4CC4CC4)C4(CCC4)C3)CC2)cc1. The van der Waals surface area contributed by atoms with Crippen molar-refractivity contribution in [3.8, 4) is 5.75 Å². The molecule has 6 heteroatoms. The number of ether oxygens (including phenoxy) is 1. The normalized spacial score (nSPS) is 25.9. The third-order valence-electron chi connectivity index (χ3n) is 8.20. The summed E-state index contributed by atoms with van der Waals surface area (Å²) < 4.78 is 7.58. The second kappa shape index (κ2) is 6.56. The van der Waals surface area contributed by atoms with Gasteiger partial charge in [0.15, 0.2) is 0 Å². The van der Waals surface area contributed by atoms with Gasteiger partial charge >= 0.3 is 0 Å². The van der Waals surface area contributed by atoms with E-state index in [-0.39, 0.29) is 10.8 Å². The monoisotopic (exact) mass is 406 g/mol. The topological polar surface area (TPSA) is 60.2 Å². The largest absolute Gasteiger partial charge is 0.497 e. The Hall–Kier alpha value is -2.37. The van der Waals surface area contributed by atoms with E-state index in [0.717, 1.165) is 55.5 Å². The maximum absolute atomic E-state index is 13.8. The zero-order valence-electron chi connectivity index (χ0n) is 17.7. The van der Waals surface area contributed by atoms with Gasteiger partial charge in [-0.3, -0.25) is 4.79 Å². The Labute approximate surface area is 177 Å². The molecule has 3 aliphatic carbocycles. The van der Waals surface area contributed by atoms with Crippen molar-refractivity contribution >= 4 is 5.91 Å². The Kier molecular flexibility index (Phi) is 4.03. The molecular weight excluding hydrogens is 376 g/mol. The summed E-state index contributed by atoms with van der Waals surface area (Å²) in [6.07, 6.45) is 10.1. The van der Waals surface area contributed by atoms with Crippen molar-refractivity contribution in [3.05, 3.63) is 42.0 Å². The molecule has 1 atom stereocenters. The quantitative estimate of drug-likeness (QED) is 0.736. The Bertz CT molecular complexity index is 954. The number of hydrogen-bond acceptors (Lipinski definition) is 4. The minimum atomic E-state index is -0.326. The Morgan fingerprint density at radius 3 is 2.53 bits per heavy atom. The molecule has 6 nitrogen and oxygen atoms in total. The summed E-state index contributed by atoms with van der Waals surface area (Å²) in [5.74, 6) is 3.39. The minimum absolute atomic E-state index is 0.208. The molecule has 30 heavy (non-hydrogen) atoms. The highest BCUT2D eigenvalue weighted by Crippen LogP contribution is 2.58. The van der Waals surface area contributed by atoms with Crippen LogP contribution in [0.2, 0.25) is 0 Å². The minimum Gasteiger partial charge on any atom is -0.497 e. The van der Waals surface area contributed by atoms with Crippen LogP contribution >= 0.6 is 0 Å². The van der Waals surface area contributed by atoms with E-state index >= 15 is 0 Å². The fourth-order valence-corrected chi connectivity index (χ4v) is 5.83. The molecule has 3 saturated carbocycles. The molecule has 1 spiro atoms. The van der Waals surface area contributed by atoms with Gasteiger partial charge in [-0.15, -0.1) is 10.2 Å². The van der Waals surface area contributed by atoms with E-state index in [0.29, 0.717) is 11.8 Å². The van der Waals surface area contributed by atoms with Crippen LogP contribution in [0.25, 0.3) is 0 Å². The molecular formula is C24H30N4O2. The zero-order valence-corrected chi connectivity index (χ0v) is 17.7. The predicted octanol–water partition coefficient (Wildman–Crippen LogP) is 3.52. The molecule has 4 aliphatic rings. The van der Waals surface area contributed by atoms with Crippen LogP contribution in [0.15, 0.2) is 30.6 Å². The first-order valence-electron chi connectivity index (χ1n) is 11.5. The molecule has 1 unspecified atom stereocenters. The fraction of sp³-hybridized carbons (Fsp3) is 0.625. The van der Waals surface area contributed by atoms with Crippen LogP contribution in [0, 0.1) is 11.3 Å². The van der Waals surface area contributed by atoms with Crippen molar-refractivity contribution < 1.29 is 9.53 Å². The molecule has 1 saturated heterocycles. The Morgan fingerprint density at radius 1 is 1.17 bits per heavy atom. The van der Waals surface area contributed by atoms with Gasteiger partial charge in [-0.05, 0) is 67.6 Å². The second-order valence-electron chi connectivity index (χ2n) is 10.0. The van der Waals surface area contributed by atoms with Gasteiger partial charge in [-0.2, -0.15) is 0 Å². The van der Waals surface area contributed by atoms with Gasteiger partial charge < -0.3 is 14.2 Å². The van der Waals surface area contributed by atoms with Gasteiger partial charge in [0.05, 0.1) is 12.5 Å². The molecule has 1 aliphatic heterocycles. The highest BCUT2D eigenvalue weighted by atomic mass is 16.5. The van der Waals surface area contributed by atoms with Crippen molar-refractivity contribution in [2.24, 2.45) is 11.3 Å². The van der Waals surface area contributed by atoms with Crippen LogP contribution < -0.4 is 4.74 Å².